The van der Waals surface area contributed by atoms with Crippen molar-refractivity contribution < 1.29 is 23.2 Å². The molecule has 132 valence electrons. The van der Waals surface area contributed by atoms with Gasteiger partial charge in [0.1, 0.15) is 11.5 Å². The van der Waals surface area contributed by atoms with E-state index in [2.05, 4.69) is 0 Å². The molecule has 0 fully saturated rings. The molecule has 0 aliphatic carbocycles. The summed E-state index contributed by atoms with van der Waals surface area (Å²) in [5.41, 5.74) is 0.756. The van der Waals surface area contributed by atoms with E-state index in [1.807, 2.05) is 39.0 Å². The van der Waals surface area contributed by atoms with Gasteiger partial charge in [-0.15, -0.1) is 0 Å². The molecular weight excluding hydrogens is 327 g/mol. The van der Waals surface area contributed by atoms with Gasteiger partial charge in [0.2, 0.25) is 0 Å². The molecule has 1 N–H and O–H groups in total. The minimum atomic E-state index is -3.72. The lowest BCUT2D eigenvalue weighted by molar-refractivity contribution is 0.155. The Morgan fingerprint density at radius 2 is 1.58 bits per heavy atom. The second-order valence-corrected chi connectivity index (χ2v) is 7.08. The van der Waals surface area contributed by atoms with Crippen LogP contribution >= 0.6 is 7.82 Å². The zero-order valence-corrected chi connectivity index (χ0v) is 15.3. The Bertz CT molecular complexity index is 717. The van der Waals surface area contributed by atoms with E-state index in [0.717, 1.165) is 5.56 Å². The number of hydrogen-bond acceptors (Lipinski definition) is 5. The molecule has 0 saturated carbocycles. The summed E-state index contributed by atoms with van der Waals surface area (Å²) in [6, 6.07) is 8.94. The van der Waals surface area contributed by atoms with E-state index in [0.29, 0.717) is 49.0 Å². The predicted molar refractivity (Wildman–Crippen MR) is 95.7 cm³/mol. The summed E-state index contributed by atoms with van der Waals surface area (Å²) in [5, 5.41) is 11.5. The third-order valence-electron chi connectivity index (χ3n) is 3.54. The van der Waals surface area contributed by atoms with Gasteiger partial charge >= 0.3 is 7.82 Å². The predicted octanol–water partition coefficient (Wildman–Crippen LogP) is 5.45. The van der Waals surface area contributed by atoms with Gasteiger partial charge in [0.25, 0.3) is 0 Å². The number of rotatable bonds is 9. The average molecular weight is 352 g/mol. The topological polar surface area (TPSA) is 65.0 Å². The quantitative estimate of drug-likeness (QED) is 0.608. The Morgan fingerprint density at radius 1 is 1.00 bits per heavy atom. The van der Waals surface area contributed by atoms with Gasteiger partial charge in [-0.25, -0.2) is 4.57 Å². The first-order chi connectivity index (χ1) is 11.5. The maximum absolute atomic E-state index is 13.0. The molecule has 0 spiro atoms. The molecule has 0 heterocycles. The molecule has 0 bridgehead atoms. The molecule has 2 rings (SSSR count). The number of aryl methyl sites for hydroxylation is 1. The minimum Gasteiger partial charge on any atom is -0.507 e. The molecule has 0 aromatic heterocycles. The van der Waals surface area contributed by atoms with Crippen molar-refractivity contribution in [3.05, 3.63) is 35.9 Å². The molecule has 6 heteroatoms. The van der Waals surface area contributed by atoms with Gasteiger partial charge in [-0.05, 0) is 30.9 Å². The average Bonchev–Trinajstić information content (AvgIpc) is 2.60. The van der Waals surface area contributed by atoms with E-state index in [-0.39, 0.29) is 5.75 Å². The molecule has 0 aliphatic heterocycles. The highest BCUT2D eigenvalue weighted by molar-refractivity contribution is 7.49. The molecule has 0 radical (unpaired) electrons. The number of aromatic hydroxyl groups is 1. The van der Waals surface area contributed by atoms with Crippen LogP contribution in [0.1, 0.15) is 39.2 Å². The number of hydrogen-bond donors (Lipinski definition) is 1. The van der Waals surface area contributed by atoms with Crippen LogP contribution in [0.2, 0.25) is 0 Å². The Kier molecular flexibility index (Phi) is 6.67. The van der Waals surface area contributed by atoms with Crippen molar-refractivity contribution in [1.29, 1.82) is 0 Å². The van der Waals surface area contributed by atoms with E-state index in [1.165, 1.54) is 0 Å². The fraction of sp³-hybridized carbons (Fsp3) is 0.444. The third kappa shape index (κ3) is 4.29. The first-order valence-corrected chi connectivity index (χ1v) is 9.83. The summed E-state index contributed by atoms with van der Waals surface area (Å²) < 4.78 is 29.6. The molecule has 24 heavy (non-hydrogen) atoms. The van der Waals surface area contributed by atoms with Gasteiger partial charge in [0.15, 0.2) is 0 Å². The molecule has 2 aromatic rings. The van der Waals surface area contributed by atoms with Crippen LogP contribution in [-0.4, -0.2) is 18.3 Å². The third-order valence-corrected chi connectivity index (χ3v) is 4.95. The Balaban J connectivity index is 2.48. The van der Waals surface area contributed by atoms with Crippen molar-refractivity contribution >= 4 is 18.6 Å². The molecular formula is C18H25O5P. The lowest BCUT2D eigenvalue weighted by atomic mass is 10.0. The van der Waals surface area contributed by atoms with Crippen LogP contribution < -0.4 is 4.52 Å². The van der Waals surface area contributed by atoms with E-state index >= 15 is 0 Å². The van der Waals surface area contributed by atoms with Crippen LogP contribution in [0.3, 0.4) is 0 Å². The summed E-state index contributed by atoms with van der Waals surface area (Å²) in [4.78, 5) is 0. The van der Waals surface area contributed by atoms with Gasteiger partial charge in [0, 0.05) is 10.8 Å². The van der Waals surface area contributed by atoms with E-state index in [9.17, 15) is 9.67 Å². The fourth-order valence-electron chi connectivity index (χ4n) is 2.36. The highest BCUT2D eigenvalue weighted by Crippen LogP contribution is 2.52. The van der Waals surface area contributed by atoms with Gasteiger partial charge in [0.05, 0.1) is 13.2 Å². The first-order valence-electron chi connectivity index (χ1n) is 8.36. The van der Waals surface area contributed by atoms with Gasteiger partial charge in [-0.3, -0.25) is 9.05 Å². The molecule has 0 aliphatic rings. The maximum Gasteiger partial charge on any atom is 0.530 e. The lowest BCUT2D eigenvalue weighted by Gasteiger charge is -2.21. The van der Waals surface area contributed by atoms with Crippen LogP contribution in [0, 0.1) is 0 Å². The maximum atomic E-state index is 13.0. The highest BCUT2D eigenvalue weighted by atomic mass is 31.2. The zero-order chi connectivity index (χ0) is 17.6. The summed E-state index contributed by atoms with van der Waals surface area (Å²) >= 11 is 0. The molecule has 0 saturated heterocycles. The standard InChI is InChI=1S/C18H25O5P/c1-4-11-21-24(20,22-12-5-2)23-18-14(6-3)13-17(19)15-9-7-8-10-16(15)18/h7-10,13,19H,4-6,11-12H2,1-3H3. The van der Waals surface area contributed by atoms with Crippen molar-refractivity contribution in [1.82, 2.24) is 0 Å². The number of phenols is 1. The number of phosphoric acid groups is 1. The molecule has 5 nitrogen and oxygen atoms in total. The normalized spacial score (nSPS) is 11.8. The monoisotopic (exact) mass is 352 g/mol. The van der Waals surface area contributed by atoms with Crippen LogP contribution in [-0.2, 0) is 20.0 Å². The lowest BCUT2D eigenvalue weighted by Crippen LogP contribution is -2.06. The summed E-state index contributed by atoms with van der Waals surface area (Å²) in [6.45, 7) is 6.38. The smallest absolute Gasteiger partial charge is 0.507 e. The van der Waals surface area contributed by atoms with E-state index < -0.39 is 7.82 Å². The van der Waals surface area contributed by atoms with Crippen LogP contribution in [0.15, 0.2) is 30.3 Å². The molecule has 2 aromatic carbocycles. The van der Waals surface area contributed by atoms with Crippen LogP contribution in [0.25, 0.3) is 10.8 Å². The Hall–Kier alpha value is -1.55. The van der Waals surface area contributed by atoms with Gasteiger partial charge in [-0.2, -0.15) is 0 Å². The Morgan fingerprint density at radius 3 is 2.12 bits per heavy atom. The zero-order valence-electron chi connectivity index (χ0n) is 14.4. The number of phenolic OH excluding ortho intramolecular Hbond substituents is 1. The summed E-state index contributed by atoms with van der Waals surface area (Å²) in [7, 11) is -3.72. The molecule has 0 unspecified atom stereocenters. The first kappa shape index (κ1) is 18.8. The van der Waals surface area contributed by atoms with Crippen molar-refractivity contribution in [2.45, 2.75) is 40.0 Å². The summed E-state index contributed by atoms with van der Waals surface area (Å²) in [6.07, 6.45) is 2.04. The highest BCUT2D eigenvalue weighted by Gasteiger charge is 2.30. The van der Waals surface area contributed by atoms with Gasteiger partial charge in [-0.1, -0.05) is 45.0 Å². The van der Waals surface area contributed by atoms with Gasteiger partial charge < -0.3 is 9.63 Å². The minimum absolute atomic E-state index is 0.175. The molecule has 0 atom stereocenters. The second-order valence-electron chi connectivity index (χ2n) is 5.49. The second kappa shape index (κ2) is 8.52. The van der Waals surface area contributed by atoms with E-state index in [4.69, 9.17) is 13.6 Å². The number of phosphoric ester groups is 1. The Labute approximate surface area is 143 Å². The fourth-order valence-corrected chi connectivity index (χ4v) is 3.80. The van der Waals surface area contributed by atoms with Crippen LogP contribution in [0.4, 0.5) is 0 Å². The van der Waals surface area contributed by atoms with Crippen molar-refractivity contribution in [3.8, 4) is 11.5 Å². The van der Waals surface area contributed by atoms with Crippen molar-refractivity contribution in [2.75, 3.05) is 13.2 Å². The largest absolute Gasteiger partial charge is 0.530 e. The van der Waals surface area contributed by atoms with Crippen molar-refractivity contribution in [2.24, 2.45) is 0 Å². The van der Waals surface area contributed by atoms with Crippen LogP contribution in [0.5, 0.6) is 11.5 Å². The summed E-state index contributed by atoms with van der Waals surface area (Å²) in [5.74, 6) is 0.620. The number of fused-ring (bicyclic) bond motifs is 1. The van der Waals surface area contributed by atoms with Crippen molar-refractivity contribution in [3.63, 3.8) is 0 Å². The van der Waals surface area contributed by atoms with E-state index in [1.54, 1.807) is 12.1 Å². The molecule has 0 amide bonds. The SMILES string of the molecule is CCCOP(=O)(OCCC)Oc1c(CC)cc(O)c2ccccc12. The number of benzene rings is 2.